The molecule has 2 N–H and O–H groups in total. The summed E-state index contributed by atoms with van der Waals surface area (Å²) < 4.78 is 13.5. The van der Waals surface area contributed by atoms with E-state index in [1.807, 2.05) is 0 Å². The fraction of sp³-hybridized carbons (Fsp3) is 0.455. The Labute approximate surface area is 104 Å². The molecule has 0 aromatic heterocycles. The van der Waals surface area contributed by atoms with Crippen LogP contribution in [-0.2, 0) is 0 Å². The van der Waals surface area contributed by atoms with Crippen LogP contribution >= 0.6 is 23.2 Å². The molecule has 0 aliphatic rings. The molecule has 1 rings (SSSR count). The first-order valence-corrected chi connectivity index (χ1v) is 5.76. The van der Waals surface area contributed by atoms with E-state index < -0.39 is 18.0 Å². The predicted molar refractivity (Wildman–Crippen MR) is 62.5 cm³/mol. The highest BCUT2D eigenvalue weighted by Gasteiger charge is 2.21. The minimum Gasteiger partial charge on any atom is -0.390 e. The van der Waals surface area contributed by atoms with E-state index in [1.165, 1.54) is 6.07 Å². The van der Waals surface area contributed by atoms with Crippen molar-refractivity contribution in [1.82, 2.24) is 0 Å². The Balaban J connectivity index is 2.99. The number of halogens is 3. The van der Waals surface area contributed by atoms with E-state index in [1.54, 1.807) is 6.92 Å². The molecular weight excluding hydrogens is 254 g/mol. The predicted octanol–water partition coefficient (Wildman–Crippen LogP) is 2.81. The summed E-state index contributed by atoms with van der Waals surface area (Å²) in [5, 5.41) is 19.5. The molecule has 1 aromatic carbocycles. The van der Waals surface area contributed by atoms with E-state index in [0.717, 1.165) is 6.07 Å². The van der Waals surface area contributed by atoms with Gasteiger partial charge < -0.3 is 10.2 Å². The second kappa shape index (κ2) is 5.82. The van der Waals surface area contributed by atoms with E-state index in [9.17, 15) is 14.6 Å². The third kappa shape index (κ3) is 3.08. The lowest BCUT2D eigenvalue weighted by Gasteiger charge is -2.18. The molecule has 0 spiro atoms. The van der Waals surface area contributed by atoms with Crippen LogP contribution in [0.25, 0.3) is 0 Å². The first kappa shape index (κ1) is 13.7. The quantitative estimate of drug-likeness (QED) is 0.823. The lowest BCUT2D eigenvalue weighted by atomic mass is 10.0. The molecule has 0 saturated heterocycles. The van der Waals surface area contributed by atoms with Gasteiger partial charge in [0.05, 0.1) is 6.10 Å². The molecule has 5 heteroatoms. The molecule has 0 radical (unpaired) electrons. The topological polar surface area (TPSA) is 40.5 Å². The number of aryl methyl sites for hydroxylation is 1. The van der Waals surface area contributed by atoms with Gasteiger partial charge in [-0.25, -0.2) is 4.39 Å². The van der Waals surface area contributed by atoms with Gasteiger partial charge in [0, 0.05) is 16.5 Å². The zero-order valence-corrected chi connectivity index (χ0v) is 10.3. The molecule has 16 heavy (non-hydrogen) atoms. The highest BCUT2D eigenvalue weighted by Crippen LogP contribution is 2.27. The number of benzene rings is 1. The molecule has 2 atom stereocenters. The van der Waals surface area contributed by atoms with Crippen molar-refractivity contribution in [2.24, 2.45) is 0 Å². The zero-order valence-electron chi connectivity index (χ0n) is 8.75. The molecule has 0 amide bonds. The maximum Gasteiger partial charge on any atom is 0.130 e. The van der Waals surface area contributed by atoms with Crippen LogP contribution in [0.5, 0.6) is 0 Å². The van der Waals surface area contributed by atoms with Crippen LogP contribution in [-0.4, -0.2) is 22.2 Å². The summed E-state index contributed by atoms with van der Waals surface area (Å²) in [6.45, 7) is 1.70. The lowest BCUT2D eigenvalue weighted by Crippen LogP contribution is -2.19. The number of aliphatic hydroxyl groups excluding tert-OH is 2. The minimum atomic E-state index is -1.28. The van der Waals surface area contributed by atoms with Crippen molar-refractivity contribution in [2.75, 3.05) is 5.88 Å². The van der Waals surface area contributed by atoms with Crippen molar-refractivity contribution in [3.63, 3.8) is 0 Å². The van der Waals surface area contributed by atoms with Crippen LogP contribution in [0.3, 0.4) is 0 Å². The molecule has 0 bridgehead atoms. The van der Waals surface area contributed by atoms with Crippen LogP contribution in [0.4, 0.5) is 4.39 Å². The van der Waals surface area contributed by atoms with Gasteiger partial charge in [0.25, 0.3) is 0 Å². The second-order valence-electron chi connectivity index (χ2n) is 3.61. The Morgan fingerprint density at radius 2 is 2.00 bits per heavy atom. The zero-order chi connectivity index (χ0) is 12.3. The normalized spacial score (nSPS) is 14.9. The Kier molecular flexibility index (Phi) is 4.99. The van der Waals surface area contributed by atoms with Crippen molar-refractivity contribution < 1.29 is 14.6 Å². The van der Waals surface area contributed by atoms with Gasteiger partial charge in [-0.05, 0) is 31.0 Å². The van der Waals surface area contributed by atoms with Crippen molar-refractivity contribution in [2.45, 2.75) is 25.6 Å². The van der Waals surface area contributed by atoms with E-state index in [0.29, 0.717) is 10.6 Å². The van der Waals surface area contributed by atoms with Crippen LogP contribution in [0.15, 0.2) is 12.1 Å². The average Bonchev–Trinajstić information content (AvgIpc) is 2.23. The largest absolute Gasteiger partial charge is 0.390 e. The van der Waals surface area contributed by atoms with Gasteiger partial charge in [0.2, 0.25) is 0 Å². The van der Waals surface area contributed by atoms with Gasteiger partial charge >= 0.3 is 0 Å². The molecule has 2 unspecified atom stereocenters. The van der Waals surface area contributed by atoms with E-state index in [4.69, 9.17) is 23.2 Å². The Morgan fingerprint density at radius 1 is 1.38 bits per heavy atom. The lowest BCUT2D eigenvalue weighted by molar-refractivity contribution is 0.0149. The molecule has 0 aliphatic carbocycles. The highest BCUT2D eigenvalue weighted by molar-refractivity contribution is 6.31. The van der Waals surface area contributed by atoms with Gasteiger partial charge in [-0.15, -0.1) is 11.6 Å². The molecule has 0 heterocycles. The summed E-state index contributed by atoms with van der Waals surface area (Å²) in [6.07, 6.45) is -2.16. The van der Waals surface area contributed by atoms with Gasteiger partial charge in [0.1, 0.15) is 11.9 Å². The first-order valence-electron chi connectivity index (χ1n) is 4.85. The fourth-order valence-electron chi connectivity index (χ4n) is 1.38. The molecule has 2 nitrogen and oxygen atoms in total. The maximum absolute atomic E-state index is 13.5. The first-order chi connectivity index (χ1) is 7.47. The fourth-order valence-corrected chi connectivity index (χ4v) is 1.76. The van der Waals surface area contributed by atoms with E-state index in [2.05, 4.69) is 0 Å². The third-order valence-electron chi connectivity index (χ3n) is 2.37. The summed E-state index contributed by atoms with van der Waals surface area (Å²) in [7, 11) is 0. The molecule has 0 aliphatic heterocycles. The molecule has 0 saturated carbocycles. The number of hydrogen-bond donors (Lipinski definition) is 2. The van der Waals surface area contributed by atoms with Crippen LogP contribution in [0.2, 0.25) is 5.02 Å². The standard InChI is InChI=1S/C11H13Cl2FO2/c1-6-4-7(9(14)5-8(6)13)11(16)10(15)2-3-12/h4-5,10-11,15-16H,2-3H2,1H3. The summed E-state index contributed by atoms with van der Waals surface area (Å²) in [5.41, 5.74) is 0.690. The summed E-state index contributed by atoms with van der Waals surface area (Å²) in [4.78, 5) is 0. The molecule has 1 aromatic rings. The van der Waals surface area contributed by atoms with Gasteiger partial charge in [0.15, 0.2) is 0 Å². The number of hydrogen-bond acceptors (Lipinski definition) is 2. The third-order valence-corrected chi connectivity index (χ3v) is 2.99. The summed E-state index contributed by atoms with van der Waals surface area (Å²) in [6, 6.07) is 2.56. The number of rotatable bonds is 4. The monoisotopic (exact) mass is 266 g/mol. The van der Waals surface area contributed by atoms with Gasteiger partial charge in [-0.3, -0.25) is 0 Å². The van der Waals surface area contributed by atoms with Crippen LogP contribution < -0.4 is 0 Å². The maximum atomic E-state index is 13.5. The Morgan fingerprint density at radius 3 is 2.56 bits per heavy atom. The minimum absolute atomic E-state index is 0.0412. The molecule has 0 fully saturated rings. The van der Waals surface area contributed by atoms with Crippen molar-refractivity contribution >= 4 is 23.2 Å². The Bertz CT molecular complexity index is 371. The Hall–Kier alpha value is -0.350. The van der Waals surface area contributed by atoms with Crippen molar-refractivity contribution in [3.05, 3.63) is 34.1 Å². The molecule has 90 valence electrons. The smallest absolute Gasteiger partial charge is 0.130 e. The van der Waals surface area contributed by atoms with Crippen molar-refractivity contribution in [3.8, 4) is 0 Å². The number of alkyl halides is 1. The van der Waals surface area contributed by atoms with Gasteiger partial charge in [-0.2, -0.15) is 0 Å². The summed E-state index contributed by atoms with van der Waals surface area (Å²) >= 11 is 11.2. The van der Waals surface area contributed by atoms with Crippen molar-refractivity contribution in [1.29, 1.82) is 0 Å². The SMILES string of the molecule is Cc1cc(C(O)C(O)CCCl)c(F)cc1Cl. The highest BCUT2D eigenvalue weighted by atomic mass is 35.5. The van der Waals surface area contributed by atoms with Crippen LogP contribution in [0.1, 0.15) is 23.7 Å². The van der Waals surface area contributed by atoms with Crippen LogP contribution in [0, 0.1) is 12.7 Å². The second-order valence-corrected chi connectivity index (χ2v) is 4.40. The van der Waals surface area contributed by atoms with Gasteiger partial charge in [-0.1, -0.05) is 11.6 Å². The van der Waals surface area contributed by atoms with E-state index in [-0.39, 0.29) is 17.9 Å². The molecular formula is C11H13Cl2FO2. The summed E-state index contributed by atoms with van der Waals surface area (Å²) in [5.74, 6) is -0.427. The average molecular weight is 267 g/mol. The number of aliphatic hydroxyl groups is 2. The van der Waals surface area contributed by atoms with E-state index >= 15 is 0 Å².